The highest BCUT2D eigenvalue weighted by Crippen LogP contribution is 2.37. The molecule has 1 aromatic carbocycles. The van der Waals surface area contributed by atoms with Crippen molar-refractivity contribution in [2.24, 2.45) is 11.8 Å². The summed E-state index contributed by atoms with van der Waals surface area (Å²) in [5.41, 5.74) is 3.03. The molecule has 31 heavy (non-hydrogen) atoms. The lowest BCUT2D eigenvalue weighted by molar-refractivity contribution is -0.00824. The fourth-order valence-electron chi connectivity index (χ4n) is 5.37. The lowest BCUT2D eigenvalue weighted by Crippen LogP contribution is -2.25. The van der Waals surface area contributed by atoms with Crippen molar-refractivity contribution in [3.05, 3.63) is 59.7 Å². The lowest BCUT2D eigenvalue weighted by atomic mass is 9.78. The predicted molar refractivity (Wildman–Crippen MR) is 130 cm³/mol. The van der Waals surface area contributed by atoms with E-state index in [0.29, 0.717) is 6.10 Å². The molecule has 2 nitrogen and oxygen atoms in total. The Morgan fingerprint density at radius 1 is 0.935 bits per heavy atom. The van der Waals surface area contributed by atoms with Crippen molar-refractivity contribution in [1.82, 2.24) is 0 Å². The minimum Gasteiger partial charge on any atom is -0.378 e. The Bertz CT molecular complexity index is 710. The van der Waals surface area contributed by atoms with Gasteiger partial charge in [0, 0.05) is 12.7 Å². The highest BCUT2D eigenvalue weighted by Gasteiger charge is 2.25. The zero-order valence-corrected chi connectivity index (χ0v) is 19.5. The van der Waals surface area contributed by atoms with Crippen LogP contribution in [-0.2, 0) is 11.2 Å². The summed E-state index contributed by atoms with van der Waals surface area (Å²) < 4.78 is 6.37. The van der Waals surface area contributed by atoms with Gasteiger partial charge in [-0.3, -0.25) is 0 Å². The molecule has 2 aliphatic carbocycles. The standard InChI is InChI=1S/C29H41NO/c1-2-8-24-10-16-27(17-11-24)28-18-12-26(13-19-28)23-31-29-20-14-25(15-21-29)9-6-4-3-5-7-22-30/h3-5,7,10-11,16-17,25-26,28-29H,2,6,8-9,12-15,18-21,23H2,1H3/b4-3+,7-5+. The normalized spacial score (nSPS) is 27.0. The summed E-state index contributed by atoms with van der Waals surface area (Å²) in [5, 5.41) is 8.48. The molecular formula is C29H41NO. The monoisotopic (exact) mass is 419 g/mol. The van der Waals surface area contributed by atoms with E-state index in [-0.39, 0.29) is 0 Å². The van der Waals surface area contributed by atoms with Crippen molar-refractivity contribution < 1.29 is 4.74 Å². The van der Waals surface area contributed by atoms with Gasteiger partial charge in [-0.15, -0.1) is 0 Å². The topological polar surface area (TPSA) is 33.0 Å². The molecule has 2 fully saturated rings. The Morgan fingerprint density at radius 3 is 2.32 bits per heavy atom. The summed E-state index contributed by atoms with van der Waals surface area (Å²) in [6.45, 7) is 3.23. The molecule has 0 spiro atoms. The van der Waals surface area contributed by atoms with Crippen molar-refractivity contribution in [2.75, 3.05) is 6.61 Å². The Hall–Kier alpha value is -1.85. The third-order valence-electron chi connectivity index (χ3n) is 7.36. The molecule has 3 rings (SSSR count). The third-order valence-corrected chi connectivity index (χ3v) is 7.36. The van der Waals surface area contributed by atoms with E-state index in [1.807, 2.05) is 18.2 Å². The molecule has 0 unspecified atom stereocenters. The highest BCUT2D eigenvalue weighted by molar-refractivity contribution is 5.25. The Morgan fingerprint density at radius 2 is 1.65 bits per heavy atom. The number of aryl methyl sites for hydroxylation is 1. The minimum atomic E-state index is 0.495. The molecule has 0 atom stereocenters. The van der Waals surface area contributed by atoms with Gasteiger partial charge in [0.05, 0.1) is 12.2 Å². The second-order valence-corrected chi connectivity index (χ2v) is 9.68. The van der Waals surface area contributed by atoms with Crippen LogP contribution in [0.3, 0.4) is 0 Å². The van der Waals surface area contributed by atoms with E-state index >= 15 is 0 Å². The quantitative estimate of drug-likeness (QED) is 0.285. The van der Waals surface area contributed by atoms with Gasteiger partial charge in [0.1, 0.15) is 0 Å². The SMILES string of the molecule is CCCc1ccc(C2CCC(COC3CCC(CC/C=C/C=C/C#N)CC3)CC2)cc1. The number of hydrogen-bond donors (Lipinski definition) is 0. The summed E-state index contributed by atoms with van der Waals surface area (Å²) in [4.78, 5) is 0. The van der Waals surface area contributed by atoms with E-state index in [4.69, 9.17) is 10.00 Å². The van der Waals surface area contributed by atoms with Crippen molar-refractivity contribution in [2.45, 2.75) is 96.0 Å². The first kappa shape index (κ1) is 23.8. The number of allylic oxidation sites excluding steroid dienone is 4. The van der Waals surface area contributed by atoms with Gasteiger partial charge in [0.25, 0.3) is 0 Å². The molecular weight excluding hydrogens is 378 g/mol. The largest absolute Gasteiger partial charge is 0.378 e. The molecule has 0 heterocycles. The number of ether oxygens (including phenoxy) is 1. The Kier molecular flexibility index (Phi) is 10.4. The van der Waals surface area contributed by atoms with Crippen molar-refractivity contribution in [1.29, 1.82) is 5.26 Å². The molecule has 0 saturated heterocycles. The molecule has 2 aliphatic rings. The molecule has 0 N–H and O–H groups in total. The van der Waals surface area contributed by atoms with Crippen LogP contribution in [0.15, 0.2) is 48.6 Å². The number of rotatable bonds is 10. The van der Waals surface area contributed by atoms with E-state index in [0.717, 1.165) is 30.8 Å². The lowest BCUT2D eigenvalue weighted by Gasteiger charge is -2.32. The van der Waals surface area contributed by atoms with Crippen LogP contribution in [-0.4, -0.2) is 12.7 Å². The van der Waals surface area contributed by atoms with Crippen molar-refractivity contribution in [3.8, 4) is 6.07 Å². The van der Waals surface area contributed by atoms with Gasteiger partial charge in [-0.1, -0.05) is 55.8 Å². The second-order valence-electron chi connectivity index (χ2n) is 9.68. The number of nitriles is 1. The average Bonchev–Trinajstić information content (AvgIpc) is 2.82. The minimum absolute atomic E-state index is 0.495. The highest BCUT2D eigenvalue weighted by atomic mass is 16.5. The maximum atomic E-state index is 8.48. The number of hydrogen-bond acceptors (Lipinski definition) is 2. The van der Waals surface area contributed by atoms with Gasteiger partial charge >= 0.3 is 0 Å². The summed E-state index contributed by atoms with van der Waals surface area (Å²) in [7, 11) is 0. The average molecular weight is 420 g/mol. The van der Waals surface area contributed by atoms with Crippen molar-refractivity contribution >= 4 is 0 Å². The zero-order chi connectivity index (χ0) is 21.7. The van der Waals surface area contributed by atoms with E-state index in [9.17, 15) is 0 Å². The predicted octanol–water partition coefficient (Wildman–Crippen LogP) is 7.90. The summed E-state index contributed by atoms with van der Waals surface area (Å²) >= 11 is 0. The van der Waals surface area contributed by atoms with Gasteiger partial charge in [-0.2, -0.15) is 5.26 Å². The van der Waals surface area contributed by atoms with E-state index in [1.54, 1.807) is 5.56 Å². The van der Waals surface area contributed by atoms with E-state index in [2.05, 4.69) is 37.3 Å². The fraction of sp³-hybridized carbons (Fsp3) is 0.621. The maximum absolute atomic E-state index is 8.48. The Balaban J connectivity index is 1.28. The van der Waals surface area contributed by atoms with Crippen molar-refractivity contribution in [3.63, 3.8) is 0 Å². The van der Waals surface area contributed by atoms with Gasteiger partial charge in [-0.25, -0.2) is 0 Å². The van der Waals surface area contributed by atoms with Crippen LogP contribution in [0, 0.1) is 23.2 Å². The molecule has 0 aromatic heterocycles. The first-order chi connectivity index (χ1) is 15.3. The molecule has 1 aromatic rings. The van der Waals surface area contributed by atoms with Crippen LogP contribution in [0.5, 0.6) is 0 Å². The number of nitrogens with zero attached hydrogens (tertiary/aromatic N) is 1. The van der Waals surface area contributed by atoms with E-state index in [1.165, 1.54) is 82.3 Å². The molecule has 0 amide bonds. The molecule has 2 heteroatoms. The van der Waals surface area contributed by atoms with Crippen LogP contribution < -0.4 is 0 Å². The first-order valence-corrected chi connectivity index (χ1v) is 12.7. The summed E-state index contributed by atoms with van der Waals surface area (Å²) in [5.74, 6) is 2.37. The van der Waals surface area contributed by atoms with E-state index < -0.39 is 0 Å². The molecule has 0 bridgehead atoms. The zero-order valence-electron chi connectivity index (χ0n) is 19.5. The van der Waals surface area contributed by atoms with Gasteiger partial charge in [0.15, 0.2) is 0 Å². The van der Waals surface area contributed by atoms with Gasteiger partial charge in [-0.05, 0) is 99.5 Å². The molecule has 0 radical (unpaired) electrons. The van der Waals surface area contributed by atoms with Crippen LogP contribution in [0.1, 0.15) is 94.6 Å². The summed E-state index contributed by atoms with van der Waals surface area (Å²) in [6, 6.07) is 11.5. The summed E-state index contributed by atoms with van der Waals surface area (Å²) in [6.07, 6.45) is 23.2. The molecule has 2 saturated carbocycles. The fourth-order valence-corrected chi connectivity index (χ4v) is 5.37. The van der Waals surface area contributed by atoms with Gasteiger partial charge in [0.2, 0.25) is 0 Å². The van der Waals surface area contributed by atoms with Gasteiger partial charge < -0.3 is 4.74 Å². The Labute approximate surface area is 190 Å². The van der Waals surface area contributed by atoms with Crippen LogP contribution >= 0.6 is 0 Å². The first-order valence-electron chi connectivity index (χ1n) is 12.7. The third kappa shape index (κ3) is 8.30. The van der Waals surface area contributed by atoms with Crippen LogP contribution in [0.2, 0.25) is 0 Å². The van der Waals surface area contributed by atoms with Crippen LogP contribution in [0.4, 0.5) is 0 Å². The smallest absolute Gasteiger partial charge is 0.0912 e. The van der Waals surface area contributed by atoms with Crippen LogP contribution in [0.25, 0.3) is 0 Å². The second kappa shape index (κ2) is 13.5. The molecule has 168 valence electrons. The molecule has 0 aliphatic heterocycles. The maximum Gasteiger partial charge on any atom is 0.0912 e. The number of benzene rings is 1.